The number of hydrogen-bond acceptors (Lipinski definition) is 5. The van der Waals surface area contributed by atoms with Crippen molar-refractivity contribution in [2.24, 2.45) is 11.7 Å². The standard InChI is InChI=1S/C14H30N2O4Si/c1-9(2)12(16-13(18)11(15)10(3)17)14(19)20-7-8-21(4,5)6/h9-12,17H,7-8,15H2,1-6H3,(H,16,18)/t10-,11+,12+/m1/s1. The molecule has 0 fully saturated rings. The second-order valence-electron chi connectivity index (χ2n) is 6.97. The van der Waals surface area contributed by atoms with Gasteiger partial charge in [-0.15, -0.1) is 0 Å². The quantitative estimate of drug-likeness (QED) is 0.452. The average Bonchev–Trinajstić information content (AvgIpc) is 2.32. The molecular weight excluding hydrogens is 288 g/mol. The van der Waals surface area contributed by atoms with Crippen LogP contribution in [-0.4, -0.2) is 49.9 Å². The van der Waals surface area contributed by atoms with E-state index in [2.05, 4.69) is 25.0 Å². The number of aliphatic hydroxyl groups excluding tert-OH is 1. The lowest BCUT2D eigenvalue weighted by Crippen LogP contribution is -2.54. The number of ether oxygens (including phenoxy) is 1. The predicted octanol–water partition coefficient (Wildman–Crippen LogP) is 0.717. The minimum atomic E-state index is -1.27. The lowest BCUT2D eigenvalue weighted by atomic mass is 10.0. The number of carbonyl (C=O) groups is 2. The Morgan fingerprint density at radius 2 is 1.76 bits per heavy atom. The largest absolute Gasteiger partial charge is 0.464 e. The van der Waals surface area contributed by atoms with Gasteiger partial charge in [0.25, 0.3) is 0 Å². The number of hydrogen-bond donors (Lipinski definition) is 3. The molecule has 0 saturated heterocycles. The van der Waals surface area contributed by atoms with Crippen LogP contribution in [0.2, 0.25) is 25.7 Å². The predicted molar refractivity (Wildman–Crippen MR) is 85.5 cm³/mol. The highest BCUT2D eigenvalue weighted by Gasteiger charge is 2.29. The molecule has 0 saturated carbocycles. The Labute approximate surface area is 128 Å². The van der Waals surface area contributed by atoms with Gasteiger partial charge in [-0.25, -0.2) is 4.79 Å². The molecule has 7 heteroatoms. The van der Waals surface area contributed by atoms with Gasteiger partial charge < -0.3 is 20.9 Å². The fourth-order valence-electron chi connectivity index (χ4n) is 1.51. The Balaban J connectivity index is 4.54. The molecule has 124 valence electrons. The third kappa shape index (κ3) is 8.18. The van der Waals surface area contributed by atoms with Crippen molar-refractivity contribution in [3.05, 3.63) is 0 Å². The van der Waals surface area contributed by atoms with Gasteiger partial charge >= 0.3 is 5.97 Å². The molecule has 0 heterocycles. The summed E-state index contributed by atoms with van der Waals surface area (Å²) in [7, 11) is -1.27. The van der Waals surface area contributed by atoms with E-state index >= 15 is 0 Å². The number of amides is 1. The van der Waals surface area contributed by atoms with Crippen LogP contribution in [0.1, 0.15) is 20.8 Å². The van der Waals surface area contributed by atoms with E-state index in [-0.39, 0.29) is 5.92 Å². The van der Waals surface area contributed by atoms with E-state index in [0.717, 1.165) is 6.04 Å². The summed E-state index contributed by atoms with van der Waals surface area (Å²) in [6.07, 6.45) is -0.972. The second kappa shape index (κ2) is 8.50. The number of nitrogens with two attached hydrogens (primary N) is 1. The molecule has 0 radical (unpaired) electrons. The summed E-state index contributed by atoms with van der Waals surface area (Å²) in [6.45, 7) is 12.0. The Morgan fingerprint density at radius 1 is 1.24 bits per heavy atom. The minimum absolute atomic E-state index is 0.116. The van der Waals surface area contributed by atoms with Crippen molar-refractivity contribution in [2.45, 2.75) is 64.6 Å². The zero-order valence-corrected chi connectivity index (χ0v) is 15.0. The highest BCUT2D eigenvalue weighted by atomic mass is 28.3. The number of aliphatic hydroxyl groups is 1. The number of carbonyl (C=O) groups excluding carboxylic acids is 2. The number of nitrogens with one attached hydrogen (secondary N) is 1. The summed E-state index contributed by atoms with van der Waals surface area (Å²) in [5.41, 5.74) is 5.56. The third-order valence-corrected chi connectivity index (χ3v) is 4.84. The zero-order valence-electron chi connectivity index (χ0n) is 14.0. The van der Waals surface area contributed by atoms with Gasteiger partial charge in [0.15, 0.2) is 0 Å². The van der Waals surface area contributed by atoms with E-state index in [1.807, 2.05) is 13.8 Å². The van der Waals surface area contributed by atoms with Gasteiger partial charge in [-0.3, -0.25) is 4.79 Å². The van der Waals surface area contributed by atoms with Gasteiger partial charge in [-0.05, 0) is 18.9 Å². The van der Waals surface area contributed by atoms with Crippen LogP contribution in [0.15, 0.2) is 0 Å². The molecule has 3 atom stereocenters. The van der Waals surface area contributed by atoms with Crippen molar-refractivity contribution in [1.29, 1.82) is 0 Å². The summed E-state index contributed by atoms with van der Waals surface area (Å²) in [5, 5.41) is 11.9. The topological polar surface area (TPSA) is 102 Å². The highest BCUT2D eigenvalue weighted by molar-refractivity contribution is 6.76. The van der Waals surface area contributed by atoms with Gasteiger partial charge in [-0.1, -0.05) is 33.5 Å². The fourth-order valence-corrected chi connectivity index (χ4v) is 2.23. The van der Waals surface area contributed by atoms with Crippen molar-refractivity contribution in [2.75, 3.05) is 6.61 Å². The first kappa shape index (κ1) is 20.1. The average molecular weight is 318 g/mol. The van der Waals surface area contributed by atoms with Crippen LogP contribution in [0, 0.1) is 5.92 Å². The summed E-state index contributed by atoms with van der Waals surface area (Å²) in [5.74, 6) is -1.12. The first-order valence-electron chi connectivity index (χ1n) is 7.36. The molecule has 0 spiro atoms. The van der Waals surface area contributed by atoms with Crippen molar-refractivity contribution < 1.29 is 19.4 Å². The summed E-state index contributed by atoms with van der Waals surface area (Å²) in [6, 6.07) is -0.921. The monoisotopic (exact) mass is 318 g/mol. The molecular formula is C14H30N2O4Si. The van der Waals surface area contributed by atoms with Crippen molar-refractivity contribution >= 4 is 20.0 Å². The van der Waals surface area contributed by atoms with Crippen LogP contribution in [0.3, 0.4) is 0 Å². The van der Waals surface area contributed by atoms with Gasteiger partial charge in [0.2, 0.25) is 5.91 Å². The summed E-state index contributed by atoms with van der Waals surface area (Å²) >= 11 is 0. The third-order valence-electron chi connectivity index (χ3n) is 3.14. The first-order chi connectivity index (χ1) is 9.45. The maximum absolute atomic E-state index is 12.1. The lowest BCUT2D eigenvalue weighted by Gasteiger charge is -2.24. The molecule has 0 aromatic carbocycles. The minimum Gasteiger partial charge on any atom is -0.464 e. The Hall–Kier alpha value is -0.923. The van der Waals surface area contributed by atoms with Crippen molar-refractivity contribution in [3.63, 3.8) is 0 Å². The normalized spacial score (nSPS) is 16.2. The van der Waals surface area contributed by atoms with Gasteiger partial charge in [0.05, 0.1) is 12.7 Å². The molecule has 6 nitrogen and oxygen atoms in total. The highest BCUT2D eigenvalue weighted by Crippen LogP contribution is 2.10. The maximum atomic E-state index is 12.1. The maximum Gasteiger partial charge on any atom is 0.328 e. The molecule has 0 aliphatic carbocycles. The molecule has 1 amide bonds. The smallest absolute Gasteiger partial charge is 0.328 e. The fraction of sp³-hybridized carbons (Fsp3) is 0.857. The number of rotatable bonds is 8. The molecule has 0 aromatic rings. The van der Waals surface area contributed by atoms with Crippen LogP contribution in [0.25, 0.3) is 0 Å². The van der Waals surface area contributed by atoms with Crippen molar-refractivity contribution in [1.82, 2.24) is 5.32 Å². The van der Waals surface area contributed by atoms with E-state index in [1.165, 1.54) is 6.92 Å². The second-order valence-corrected chi connectivity index (χ2v) is 12.6. The van der Waals surface area contributed by atoms with Crippen LogP contribution in [0.4, 0.5) is 0 Å². The molecule has 0 rings (SSSR count). The summed E-state index contributed by atoms with van der Waals surface area (Å²) in [4.78, 5) is 23.9. The molecule has 0 aliphatic heterocycles. The van der Waals surface area contributed by atoms with E-state index in [9.17, 15) is 14.7 Å². The van der Waals surface area contributed by atoms with Crippen LogP contribution in [0.5, 0.6) is 0 Å². The lowest BCUT2D eigenvalue weighted by molar-refractivity contribution is -0.149. The Kier molecular flexibility index (Phi) is 8.13. The molecule has 0 unspecified atom stereocenters. The van der Waals surface area contributed by atoms with Gasteiger partial charge in [0, 0.05) is 8.07 Å². The van der Waals surface area contributed by atoms with E-state index in [4.69, 9.17) is 10.5 Å². The summed E-state index contributed by atoms with van der Waals surface area (Å²) < 4.78 is 5.26. The Morgan fingerprint density at radius 3 is 2.14 bits per heavy atom. The zero-order chi connectivity index (χ0) is 16.8. The van der Waals surface area contributed by atoms with Gasteiger partial charge in [-0.2, -0.15) is 0 Å². The molecule has 0 bridgehead atoms. The molecule has 21 heavy (non-hydrogen) atoms. The molecule has 4 N–H and O–H groups in total. The van der Waals surface area contributed by atoms with E-state index in [0.29, 0.717) is 6.61 Å². The van der Waals surface area contributed by atoms with E-state index < -0.39 is 38.1 Å². The number of esters is 1. The van der Waals surface area contributed by atoms with Gasteiger partial charge in [0.1, 0.15) is 12.1 Å². The van der Waals surface area contributed by atoms with Crippen LogP contribution in [-0.2, 0) is 14.3 Å². The Bertz CT molecular complexity index is 353. The van der Waals surface area contributed by atoms with Crippen LogP contribution < -0.4 is 11.1 Å². The SMILES string of the molecule is CC(C)[C@H](NC(=O)[C@@H](N)[C@@H](C)O)C(=O)OCC[Si](C)(C)C. The molecule has 0 aliphatic rings. The van der Waals surface area contributed by atoms with E-state index in [1.54, 1.807) is 0 Å². The van der Waals surface area contributed by atoms with Crippen molar-refractivity contribution in [3.8, 4) is 0 Å². The van der Waals surface area contributed by atoms with Crippen LogP contribution >= 0.6 is 0 Å². The first-order valence-corrected chi connectivity index (χ1v) is 11.1. The molecule has 0 aromatic heterocycles.